The zero-order chi connectivity index (χ0) is 11.4. The Labute approximate surface area is 91.1 Å². The summed E-state index contributed by atoms with van der Waals surface area (Å²) in [5.74, 6) is -0.400. The van der Waals surface area contributed by atoms with Crippen LogP contribution < -0.4 is 10.7 Å². The number of amides is 1. The molecule has 1 amide bonds. The topological polar surface area (TPSA) is 75.1 Å². The lowest BCUT2D eigenvalue weighted by molar-refractivity contribution is 0.0949. The number of aromatic amines is 1. The first-order chi connectivity index (χ1) is 7.77. The first-order valence-electron chi connectivity index (χ1n) is 4.74. The average molecular weight is 218 g/mol. The number of nitrogens with one attached hydrogen (secondary N) is 2. The molecule has 5 nitrogen and oxygen atoms in total. The fourth-order valence-electron chi connectivity index (χ4n) is 1.26. The standard InChI is InChI=1S/C11H10N2O3/c14-10-1-3-12-6-9(10)11(15)13-5-8-2-4-16-7-8/h1-4,6-7H,5H2,(H,12,14)(H,13,15). The van der Waals surface area contributed by atoms with Crippen molar-refractivity contribution in [3.05, 3.63) is 58.4 Å². The molecular formula is C11H10N2O3. The summed E-state index contributed by atoms with van der Waals surface area (Å²) in [6.07, 6.45) is 5.93. The van der Waals surface area contributed by atoms with Gasteiger partial charge in [0.15, 0.2) is 5.43 Å². The number of aromatic nitrogens is 1. The predicted molar refractivity (Wildman–Crippen MR) is 56.9 cm³/mol. The Morgan fingerprint density at radius 2 is 2.31 bits per heavy atom. The van der Waals surface area contributed by atoms with Gasteiger partial charge in [0.05, 0.1) is 12.5 Å². The van der Waals surface area contributed by atoms with Crippen molar-refractivity contribution >= 4 is 5.91 Å². The number of hydrogen-bond acceptors (Lipinski definition) is 3. The Kier molecular flexibility index (Phi) is 2.86. The molecule has 2 rings (SSSR count). The van der Waals surface area contributed by atoms with Crippen LogP contribution in [0.1, 0.15) is 15.9 Å². The molecule has 0 aromatic carbocycles. The zero-order valence-electron chi connectivity index (χ0n) is 8.40. The van der Waals surface area contributed by atoms with Crippen molar-refractivity contribution in [2.24, 2.45) is 0 Å². The summed E-state index contributed by atoms with van der Waals surface area (Å²) in [5.41, 5.74) is 0.648. The summed E-state index contributed by atoms with van der Waals surface area (Å²) in [5, 5.41) is 2.62. The van der Waals surface area contributed by atoms with Crippen LogP contribution in [0.3, 0.4) is 0 Å². The lowest BCUT2D eigenvalue weighted by Gasteiger charge is -2.01. The molecule has 2 aromatic rings. The molecule has 0 fully saturated rings. The van der Waals surface area contributed by atoms with Gasteiger partial charge in [0.2, 0.25) is 0 Å². The molecular weight excluding hydrogens is 208 g/mol. The van der Waals surface area contributed by atoms with Crippen molar-refractivity contribution in [2.75, 3.05) is 0 Å². The van der Waals surface area contributed by atoms with E-state index in [1.54, 1.807) is 6.07 Å². The Morgan fingerprint density at radius 1 is 1.44 bits per heavy atom. The van der Waals surface area contributed by atoms with Gasteiger partial charge in [-0.2, -0.15) is 0 Å². The van der Waals surface area contributed by atoms with E-state index in [1.165, 1.54) is 31.0 Å². The molecule has 16 heavy (non-hydrogen) atoms. The number of H-pyrrole nitrogens is 1. The third kappa shape index (κ3) is 2.20. The predicted octanol–water partition coefficient (Wildman–Crippen LogP) is 0.898. The third-order valence-corrected chi connectivity index (χ3v) is 2.10. The molecule has 2 heterocycles. The number of pyridine rings is 1. The van der Waals surface area contributed by atoms with Crippen molar-refractivity contribution < 1.29 is 9.21 Å². The summed E-state index contributed by atoms with van der Waals surface area (Å²) in [6.45, 7) is 0.337. The highest BCUT2D eigenvalue weighted by molar-refractivity contribution is 5.93. The van der Waals surface area contributed by atoms with Gasteiger partial charge < -0.3 is 14.7 Å². The number of carbonyl (C=O) groups excluding carboxylic acids is 1. The van der Waals surface area contributed by atoms with Crippen molar-refractivity contribution in [3.8, 4) is 0 Å². The smallest absolute Gasteiger partial charge is 0.257 e. The van der Waals surface area contributed by atoms with E-state index in [-0.39, 0.29) is 11.0 Å². The Hall–Kier alpha value is -2.30. The highest BCUT2D eigenvalue weighted by Gasteiger charge is 2.08. The minimum Gasteiger partial charge on any atom is -0.472 e. The third-order valence-electron chi connectivity index (χ3n) is 2.10. The maximum Gasteiger partial charge on any atom is 0.257 e. The second-order valence-corrected chi connectivity index (χ2v) is 3.24. The molecule has 0 saturated heterocycles. The fraction of sp³-hybridized carbons (Fsp3) is 0.0909. The Balaban J connectivity index is 2.04. The number of carbonyl (C=O) groups is 1. The maximum atomic E-state index is 11.6. The lowest BCUT2D eigenvalue weighted by atomic mass is 10.2. The minimum atomic E-state index is -0.400. The van der Waals surface area contributed by atoms with Gasteiger partial charge in [0.25, 0.3) is 5.91 Å². The van der Waals surface area contributed by atoms with Crippen LogP contribution in [0.4, 0.5) is 0 Å². The molecule has 0 radical (unpaired) electrons. The highest BCUT2D eigenvalue weighted by atomic mass is 16.3. The summed E-state index contributed by atoms with van der Waals surface area (Å²) in [6, 6.07) is 3.06. The first kappa shape index (κ1) is 10.2. The summed E-state index contributed by atoms with van der Waals surface area (Å²) >= 11 is 0. The van der Waals surface area contributed by atoms with Gasteiger partial charge in [0, 0.05) is 30.6 Å². The Bertz CT molecular complexity index is 528. The second-order valence-electron chi connectivity index (χ2n) is 3.24. The molecule has 2 N–H and O–H groups in total. The van der Waals surface area contributed by atoms with Gasteiger partial charge >= 0.3 is 0 Å². The van der Waals surface area contributed by atoms with E-state index in [4.69, 9.17) is 4.42 Å². The van der Waals surface area contributed by atoms with Crippen LogP contribution in [-0.4, -0.2) is 10.9 Å². The molecule has 0 saturated carbocycles. The van der Waals surface area contributed by atoms with E-state index < -0.39 is 5.91 Å². The van der Waals surface area contributed by atoms with E-state index in [2.05, 4.69) is 10.3 Å². The zero-order valence-corrected chi connectivity index (χ0v) is 8.40. The number of rotatable bonds is 3. The van der Waals surface area contributed by atoms with E-state index in [9.17, 15) is 9.59 Å². The molecule has 0 atom stereocenters. The van der Waals surface area contributed by atoms with Crippen molar-refractivity contribution in [1.29, 1.82) is 0 Å². The number of furan rings is 1. The Morgan fingerprint density at radius 3 is 3.00 bits per heavy atom. The minimum absolute atomic E-state index is 0.103. The van der Waals surface area contributed by atoms with Crippen molar-refractivity contribution in [1.82, 2.24) is 10.3 Å². The number of hydrogen-bond donors (Lipinski definition) is 2. The fourth-order valence-corrected chi connectivity index (χ4v) is 1.26. The molecule has 0 aliphatic rings. The molecule has 0 aliphatic carbocycles. The van der Waals surface area contributed by atoms with Crippen LogP contribution in [0.2, 0.25) is 0 Å². The normalized spacial score (nSPS) is 10.0. The molecule has 0 bridgehead atoms. The summed E-state index contributed by atoms with van der Waals surface area (Å²) < 4.78 is 4.86. The molecule has 0 spiro atoms. The van der Waals surface area contributed by atoms with Crippen LogP contribution in [0.25, 0.3) is 0 Å². The van der Waals surface area contributed by atoms with E-state index >= 15 is 0 Å². The van der Waals surface area contributed by atoms with Crippen LogP contribution in [0, 0.1) is 0 Å². The summed E-state index contributed by atoms with van der Waals surface area (Å²) in [7, 11) is 0. The van der Waals surface area contributed by atoms with Gasteiger partial charge in [-0.05, 0) is 6.07 Å². The SMILES string of the molecule is O=C(NCc1ccoc1)c1c[nH]ccc1=O. The molecule has 5 heteroatoms. The van der Waals surface area contributed by atoms with E-state index in [0.717, 1.165) is 5.56 Å². The van der Waals surface area contributed by atoms with Crippen molar-refractivity contribution in [2.45, 2.75) is 6.54 Å². The van der Waals surface area contributed by atoms with E-state index in [1.807, 2.05) is 0 Å². The lowest BCUT2D eigenvalue weighted by Crippen LogP contribution is -2.27. The first-order valence-corrected chi connectivity index (χ1v) is 4.74. The van der Waals surface area contributed by atoms with Gasteiger partial charge in [-0.1, -0.05) is 0 Å². The highest BCUT2D eigenvalue weighted by Crippen LogP contribution is 1.99. The molecule has 0 aliphatic heterocycles. The molecule has 2 aromatic heterocycles. The van der Waals surface area contributed by atoms with Crippen LogP contribution >= 0.6 is 0 Å². The average Bonchev–Trinajstić information content (AvgIpc) is 2.79. The van der Waals surface area contributed by atoms with Gasteiger partial charge in [0.1, 0.15) is 5.56 Å². The summed E-state index contributed by atoms with van der Waals surface area (Å²) in [4.78, 5) is 25.6. The van der Waals surface area contributed by atoms with Gasteiger partial charge in [-0.3, -0.25) is 9.59 Å². The molecule has 0 unspecified atom stereocenters. The van der Waals surface area contributed by atoms with E-state index in [0.29, 0.717) is 6.54 Å². The van der Waals surface area contributed by atoms with Crippen LogP contribution in [0.5, 0.6) is 0 Å². The molecule has 82 valence electrons. The van der Waals surface area contributed by atoms with Crippen LogP contribution in [-0.2, 0) is 6.54 Å². The van der Waals surface area contributed by atoms with Gasteiger partial charge in [-0.15, -0.1) is 0 Å². The second kappa shape index (κ2) is 4.48. The van der Waals surface area contributed by atoms with Crippen LogP contribution in [0.15, 0.2) is 46.3 Å². The maximum absolute atomic E-state index is 11.6. The quantitative estimate of drug-likeness (QED) is 0.803. The monoisotopic (exact) mass is 218 g/mol. The van der Waals surface area contributed by atoms with Crippen molar-refractivity contribution in [3.63, 3.8) is 0 Å². The largest absolute Gasteiger partial charge is 0.472 e. The van der Waals surface area contributed by atoms with Gasteiger partial charge in [-0.25, -0.2) is 0 Å².